The second-order valence-electron chi connectivity index (χ2n) is 35.4. The van der Waals surface area contributed by atoms with Crippen molar-refractivity contribution in [3.63, 3.8) is 0 Å². The average molecular weight is 2100 g/mol. The number of phenolic OH excluding ortho intramolecular Hbond substituents is 3. The Morgan fingerprint density at radius 1 is 0.289 bits per heavy atom. The number of nitrogens with zero attached hydrogens (tertiary/aromatic N) is 9. The number of hydrogen-bond acceptors (Lipinski definition) is 9. The van der Waals surface area contributed by atoms with E-state index in [1.807, 2.05) is 82.2 Å². The predicted molar refractivity (Wildman–Crippen MR) is 471 cm³/mol. The van der Waals surface area contributed by atoms with Crippen molar-refractivity contribution in [1.29, 1.82) is 0 Å². The van der Waals surface area contributed by atoms with Gasteiger partial charge in [0.15, 0.2) is 0 Å². The molecule has 0 unspecified atom stereocenters. The first kappa shape index (κ1) is 87.3. The molecule has 0 atom stereocenters. The summed E-state index contributed by atoms with van der Waals surface area (Å²) in [6.07, 6.45) is 5.63. The fraction of sp³-hybridized carbons (Fsp3) is 0.250. The molecule has 9 aromatic carbocycles. The van der Waals surface area contributed by atoms with E-state index < -0.39 is 24.2 Å². The van der Waals surface area contributed by atoms with Crippen molar-refractivity contribution < 1.29 is 78.5 Å². The minimum Gasteiger partial charge on any atom is -0.507 e. The van der Waals surface area contributed by atoms with Gasteiger partial charge in [0, 0.05) is 120 Å². The van der Waals surface area contributed by atoms with Crippen LogP contribution in [-0.4, -0.2) is 83.1 Å². The number of fused-ring (bicyclic) bond motifs is 3. The third-order valence-corrected chi connectivity index (χ3v) is 27.1. The topological polar surface area (TPSA) is 153 Å². The second kappa shape index (κ2) is 34.0. The Balaban J connectivity index is 0.000000179. The van der Waals surface area contributed by atoms with Crippen molar-refractivity contribution in [2.75, 3.05) is 0 Å². The molecule has 0 aliphatic carbocycles. The van der Waals surface area contributed by atoms with Crippen LogP contribution in [0.5, 0.6) is 17.2 Å². The molecule has 15 aromatic rings. The molecule has 594 valence electrons. The van der Waals surface area contributed by atoms with E-state index in [1.54, 1.807) is 18.2 Å². The van der Waals surface area contributed by atoms with Gasteiger partial charge in [-0.15, -0.1) is 89.5 Å². The van der Waals surface area contributed by atoms with Crippen molar-refractivity contribution in [3.8, 4) is 119 Å². The van der Waals surface area contributed by atoms with Crippen LogP contribution in [0.4, 0.5) is 0 Å². The Morgan fingerprint density at radius 3 is 0.965 bits per heavy atom. The Kier molecular flexibility index (Phi) is 26.1. The van der Waals surface area contributed by atoms with Gasteiger partial charge in [-0.3, -0.25) is 15.0 Å². The van der Waals surface area contributed by atoms with Crippen LogP contribution < -0.4 is 15.6 Å². The van der Waals surface area contributed by atoms with Gasteiger partial charge in [0.1, 0.15) is 34.7 Å². The van der Waals surface area contributed by atoms with Crippen molar-refractivity contribution in [2.45, 2.75) is 137 Å². The van der Waals surface area contributed by atoms with Crippen LogP contribution in [0.2, 0.25) is 58.9 Å². The summed E-state index contributed by atoms with van der Waals surface area (Å²) in [5, 5.41) is 36.5. The SMILES string of the molecule is Cn1c(-c2cc(C(C)(C)C)ccc2O)nc2c(-c3[c-]c(-c4cc([Si](C)(C)C)ccn4)ccc3)cccc21.Cn1c(-c2cc(C(C)(C)C)ccc2O)nc2c(-c3[c-]c(-c4cc([Si](C)(C)C)ccn4)ccc3)cccc21.Cn1c(-c2cc(C(C)(C)C)ccc2O)nc2c(-c3[c-]c(-c4ccccn4)ccc3)cc([Si](C)(C)C)cc21.[Pt].[Pt].[Pt]. The van der Waals surface area contributed by atoms with Gasteiger partial charge in [-0.1, -0.05) is 243 Å². The minimum absolute atomic E-state index is 0. The van der Waals surface area contributed by atoms with Crippen LogP contribution in [0, 0.1) is 18.2 Å². The summed E-state index contributed by atoms with van der Waals surface area (Å²) in [6.45, 7) is 40.8. The Hall–Kier alpha value is -9.04. The molecule has 6 heterocycles. The Morgan fingerprint density at radius 2 is 0.614 bits per heavy atom. The summed E-state index contributed by atoms with van der Waals surface area (Å²) in [7, 11) is 1.49. The third-order valence-electron chi connectivity index (χ3n) is 21.0. The van der Waals surface area contributed by atoms with Crippen molar-refractivity contribution in [3.05, 3.63) is 254 Å². The van der Waals surface area contributed by atoms with E-state index in [0.29, 0.717) is 0 Å². The van der Waals surface area contributed by atoms with Crippen molar-refractivity contribution in [2.24, 2.45) is 21.1 Å². The smallest absolute Gasteiger partial charge is 0.143 e. The fourth-order valence-electron chi connectivity index (χ4n) is 14.0. The number of aromatic nitrogens is 9. The van der Waals surface area contributed by atoms with E-state index in [9.17, 15) is 15.3 Å². The quantitative estimate of drug-likeness (QED) is 0.0801. The van der Waals surface area contributed by atoms with E-state index in [1.165, 1.54) is 15.6 Å². The van der Waals surface area contributed by atoms with Crippen LogP contribution in [0.25, 0.3) is 134 Å². The zero-order valence-corrected chi connectivity index (χ0v) is 78.9. The van der Waals surface area contributed by atoms with Crippen LogP contribution in [0.3, 0.4) is 0 Å². The first-order valence-electron chi connectivity index (χ1n) is 38.2. The summed E-state index contributed by atoms with van der Waals surface area (Å²) < 4.78 is 6.24. The molecular weight excluding hydrogens is 2000 g/mol. The van der Waals surface area contributed by atoms with Gasteiger partial charge >= 0.3 is 0 Å². The van der Waals surface area contributed by atoms with Crippen LogP contribution in [-0.2, 0) is 101 Å². The zero-order valence-electron chi connectivity index (χ0n) is 69.1. The molecule has 0 aliphatic heterocycles. The number of para-hydroxylation sites is 2. The maximum atomic E-state index is 10.9. The van der Waals surface area contributed by atoms with Gasteiger partial charge in [-0.05, 0) is 106 Å². The van der Waals surface area contributed by atoms with Crippen molar-refractivity contribution in [1.82, 2.24) is 43.6 Å². The summed E-state index contributed by atoms with van der Waals surface area (Å²) >= 11 is 0. The normalized spacial score (nSPS) is 12.0. The summed E-state index contributed by atoms with van der Waals surface area (Å²) in [5.74, 6) is 2.94. The predicted octanol–water partition coefficient (Wildman–Crippen LogP) is 21.9. The van der Waals surface area contributed by atoms with Crippen molar-refractivity contribution >= 4 is 72.9 Å². The molecule has 0 spiro atoms. The van der Waals surface area contributed by atoms with Gasteiger partial charge in [0.25, 0.3) is 0 Å². The minimum atomic E-state index is -1.65. The number of rotatable bonds is 12. The van der Waals surface area contributed by atoms with Gasteiger partial charge in [0.2, 0.25) is 0 Å². The molecule has 0 saturated heterocycles. The Bertz CT molecular complexity index is 5780. The summed E-state index contributed by atoms with van der Waals surface area (Å²) in [5.41, 5.74) is 23.0. The number of pyridine rings is 3. The molecule has 18 heteroatoms. The monoisotopic (exact) mass is 2100 g/mol. The van der Waals surface area contributed by atoms with E-state index in [2.05, 4.69) is 308 Å². The van der Waals surface area contributed by atoms with Gasteiger partial charge in [-0.2, -0.15) is 0 Å². The first-order valence-corrected chi connectivity index (χ1v) is 48.7. The zero-order chi connectivity index (χ0) is 79.6. The molecule has 0 saturated carbocycles. The second-order valence-corrected chi connectivity index (χ2v) is 50.7. The molecule has 0 radical (unpaired) electrons. The molecule has 0 amide bonds. The largest absolute Gasteiger partial charge is 0.507 e. The standard InChI is InChI=1S/3C32H34N3OSi.3Pt/c2*1-32(2,3)23-14-15-29(36)26(19-23)31-34-30-25(12-9-13-28(30)35(31)4)21-10-8-11-22(18-21)27-20-24(16-17-33-27)37(5,6)7;1-32(2,3)23-14-15-29(36)26(18-23)31-34-30-25(19-24(37(5,6)7)20-28(30)35(31)4)21-11-10-12-22(17-21)27-13-8-9-16-33-27;;;/h2*8-17,19-20,36H,1-7H3;8-16,18-20,36H,1-7H3;;;/q3*-1;;;. The number of aromatic hydroxyl groups is 3. The maximum absolute atomic E-state index is 10.9. The first-order chi connectivity index (χ1) is 52.3. The van der Waals surface area contributed by atoms with E-state index in [4.69, 9.17) is 15.0 Å². The number of aryl methyl sites for hydroxylation is 3. The fourth-order valence-corrected chi connectivity index (χ4v) is 17.4. The number of benzene rings is 9. The molecular formula is C96H102N9O3Pt3Si3-3. The molecule has 114 heavy (non-hydrogen) atoms. The third kappa shape index (κ3) is 18.6. The van der Waals surface area contributed by atoms with Gasteiger partial charge < -0.3 is 29.0 Å². The van der Waals surface area contributed by atoms with E-state index >= 15 is 0 Å². The molecule has 3 N–H and O–H groups in total. The summed E-state index contributed by atoms with van der Waals surface area (Å²) in [6, 6.07) is 78.6. The maximum Gasteiger partial charge on any atom is 0.143 e. The molecule has 0 aliphatic rings. The van der Waals surface area contributed by atoms with Gasteiger partial charge in [0.05, 0.1) is 74.0 Å². The molecule has 15 rings (SSSR count). The summed E-state index contributed by atoms with van der Waals surface area (Å²) in [4.78, 5) is 29.1. The number of hydrogen-bond donors (Lipinski definition) is 3. The Labute approximate surface area is 719 Å². The molecule has 6 aromatic heterocycles. The van der Waals surface area contributed by atoms with Crippen LogP contribution in [0.1, 0.15) is 79.0 Å². The number of phenols is 3. The number of imidazole rings is 3. The average Bonchev–Trinajstić information content (AvgIpc) is 1.63. The molecule has 0 fully saturated rings. The molecule has 12 nitrogen and oxygen atoms in total. The van der Waals surface area contributed by atoms with Crippen LogP contribution in [0.15, 0.2) is 219 Å². The van der Waals surface area contributed by atoms with E-state index in [0.717, 1.165) is 151 Å². The van der Waals surface area contributed by atoms with Crippen LogP contribution >= 0.6 is 0 Å². The molecule has 0 bridgehead atoms. The van der Waals surface area contributed by atoms with Gasteiger partial charge in [-0.25, -0.2) is 15.0 Å². The van der Waals surface area contributed by atoms with E-state index in [-0.39, 0.29) is 96.7 Å².